The van der Waals surface area contributed by atoms with Gasteiger partial charge in [0.15, 0.2) is 0 Å². The number of nitro benzene ring substituents is 1. The fourth-order valence-electron chi connectivity index (χ4n) is 2.65. The van der Waals surface area contributed by atoms with E-state index in [0.29, 0.717) is 24.5 Å². The molecule has 24 heavy (non-hydrogen) atoms. The fraction of sp³-hybridized carbons (Fsp3) is 0.375. The highest BCUT2D eigenvalue weighted by atomic mass is 16.6. The molecular weight excluding hydrogens is 310 g/mol. The number of morpholine rings is 1. The number of hydrogen-bond acceptors (Lipinski definition) is 7. The van der Waals surface area contributed by atoms with E-state index < -0.39 is 4.92 Å². The summed E-state index contributed by atoms with van der Waals surface area (Å²) in [6, 6.07) is 8.16. The first-order valence-corrected chi connectivity index (χ1v) is 7.40. The molecule has 0 radical (unpaired) electrons. The van der Waals surface area contributed by atoms with Gasteiger partial charge in [0.2, 0.25) is 0 Å². The van der Waals surface area contributed by atoms with Gasteiger partial charge in [0.05, 0.1) is 17.1 Å². The molecule has 1 N–H and O–H groups in total. The third-order valence-electron chi connectivity index (χ3n) is 3.56. The van der Waals surface area contributed by atoms with Crippen LogP contribution in [0.25, 0.3) is 0 Å². The molecule has 1 saturated heterocycles. The first kappa shape index (κ1) is 17.3. The van der Waals surface area contributed by atoms with Gasteiger partial charge in [-0.2, -0.15) is 10.5 Å². The van der Waals surface area contributed by atoms with Crippen molar-refractivity contribution in [2.24, 2.45) is 0 Å². The lowest BCUT2D eigenvalue weighted by Crippen LogP contribution is -2.45. The van der Waals surface area contributed by atoms with Gasteiger partial charge in [-0.05, 0) is 26.0 Å². The van der Waals surface area contributed by atoms with Gasteiger partial charge in [-0.1, -0.05) is 0 Å². The Morgan fingerprint density at radius 3 is 2.54 bits per heavy atom. The number of anilines is 2. The molecule has 8 nitrogen and oxygen atoms in total. The lowest BCUT2D eigenvalue weighted by atomic mass is 10.1. The van der Waals surface area contributed by atoms with Crippen molar-refractivity contribution in [1.29, 1.82) is 10.5 Å². The molecule has 1 aliphatic rings. The lowest BCUT2D eigenvalue weighted by Gasteiger charge is -2.36. The minimum Gasteiger partial charge on any atom is -0.372 e. The number of hydrogen-bond donors (Lipinski definition) is 1. The van der Waals surface area contributed by atoms with E-state index in [4.69, 9.17) is 15.3 Å². The lowest BCUT2D eigenvalue weighted by molar-refractivity contribution is -0.384. The van der Waals surface area contributed by atoms with Gasteiger partial charge in [0.1, 0.15) is 23.4 Å². The molecule has 0 aromatic heterocycles. The molecule has 1 aromatic carbocycles. The summed E-state index contributed by atoms with van der Waals surface area (Å²) >= 11 is 0. The van der Waals surface area contributed by atoms with Crippen LogP contribution < -0.4 is 10.2 Å². The predicted molar refractivity (Wildman–Crippen MR) is 88.3 cm³/mol. The number of nitriles is 2. The number of rotatable bonds is 4. The van der Waals surface area contributed by atoms with Crippen molar-refractivity contribution in [2.75, 3.05) is 23.3 Å². The summed E-state index contributed by atoms with van der Waals surface area (Å²) < 4.78 is 5.66. The van der Waals surface area contributed by atoms with Crippen LogP contribution in [0.1, 0.15) is 13.8 Å². The van der Waals surface area contributed by atoms with Gasteiger partial charge in [0.25, 0.3) is 5.69 Å². The molecule has 0 amide bonds. The Morgan fingerprint density at radius 2 is 2.00 bits per heavy atom. The highest BCUT2D eigenvalue weighted by Gasteiger charge is 2.27. The normalized spacial score (nSPS) is 19.8. The Hall–Kier alpha value is -3.10. The number of benzene rings is 1. The molecule has 1 fully saturated rings. The minimum atomic E-state index is -0.440. The van der Waals surface area contributed by atoms with Crippen LogP contribution >= 0.6 is 0 Å². The van der Waals surface area contributed by atoms with E-state index in [-0.39, 0.29) is 23.5 Å². The maximum absolute atomic E-state index is 11.4. The molecule has 0 bridgehead atoms. The Labute approximate surface area is 139 Å². The third kappa shape index (κ3) is 4.00. The third-order valence-corrected chi connectivity index (χ3v) is 3.56. The molecule has 1 aromatic rings. The van der Waals surface area contributed by atoms with E-state index in [1.54, 1.807) is 24.3 Å². The number of nitro groups is 1. The summed E-state index contributed by atoms with van der Waals surface area (Å²) in [6.45, 7) is 5.01. The zero-order valence-electron chi connectivity index (χ0n) is 13.4. The zero-order chi connectivity index (χ0) is 17.7. The molecule has 1 aliphatic heterocycles. The van der Waals surface area contributed by atoms with E-state index in [9.17, 15) is 10.1 Å². The molecular formula is C16H17N5O3. The summed E-state index contributed by atoms with van der Waals surface area (Å²) in [5.41, 5.74) is 0.808. The first-order valence-electron chi connectivity index (χ1n) is 7.40. The van der Waals surface area contributed by atoms with E-state index >= 15 is 0 Å². The maximum Gasteiger partial charge on any atom is 0.294 e. The Morgan fingerprint density at radius 1 is 1.38 bits per heavy atom. The number of nitrogens with one attached hydrogen (secondary N) is 1. The summed E-state index contributed by atoms with van der Waals surface area (Å²) in [6.07, 6.45) is 1.20. The van der Waals surface area contributed by atoms with Gasteiger partial charge < -0.3 is 15.0 Å². The van der Waals surface area contributed by atoms with Crippen LogP contribution in [-0.4, -0.2) is 30.2 Å². The number of nitrogens with zero attached hydrogens (tertiary/aromatic N) is 4. The van der Waals surface area contributed by atoms with Gasteiger partial charge in [-0.3, -0.25) is 10.1 Å². The van der Waals surface area contributed by atoms with Crippen LogP contribution in [0.4, 0.5) is 17.1 Å². The number of allylic oxidation sites excluding steroid dienone is 1. The second kappa shape index (κ2) is 7.44. The van der Waals surface area contributed by atoms with Crippen molar-refractivity contribution in [2.45, 2.75) is 26.1 Å². The molecule has 8 heteroatoms. The summed E-state index contributed by atoms with van der Waals surface area (Å²) in [5.74, 6) is 0. The summed E-state index contributed by atoms with van der Waals surface area (Å²) in [5, 5.41) is 31.6. The van der Waals surface area contributed by atoms with Crippen molar-refractivity contribution >= 4 is 17.1 Å². The average Bonchev–Trinajstić information content (AvgIpc) is 2.54. The largest absolute Gasteiger partial charge is 0.372 e. The molecule has 0 spiro atoms. The molecule has 0 aliphatic carbocycles. The van der Waals surface area contributed by atoms with Gasteiger partial charge in [-0.25, -0.2) is 0 Å². The van der Waals surface area contributed by atoms with Crippen molar-refractivity contribution in [3.05, 3.63) is 40.1 Å². The second-order valence-electron chi connectivity index (χ2n) is 5.55. The van der Waals surface area contributed by atoms with E-state index in [0.717, 1.165) is 0 Å². The average molecular weight is 327 g/mol. The first-order chi connectivity index (χ1) is 11.4. The molecule has 1 heterocycles. The van der Waals surface area contributed by atoms with E-state index in [1.165, 1.54) is 12.3 Å². The van der Waals surface area contributed by atoms with Crippen molar-refractivity contribution in [3.8, 4) is 12.1 Å². The molecule has 0 saturated carbocycles. The van der Waals surface area contributed by atoms with Crippen molar-refractivity contribution < 1.29 is 9.66 Å². The Balaban J connectivity index is 2.31. The van der Waals surface area contributed by atoms with Crippen LogP contribution in [0.5, 0.6) is 0 Å². The monoisotopic (exact) mass is 327 g/mol. The van der Waals surface area contributed by atoms with Gasteiger partial charge >= 0.3 is 0 Å². The summed E-state index contributed by atoms with van der Waals surface area (Å²) in [4.78, 5) is 12.9. The molecule has 2 unspecified atom stereocenters. The molecule has 124 valence electrons. The summed E-state index contributed by atoms with van der Waals surface area (Å²) in [7, 11) is 0. The fourth-order valence-corrected chi connectivity index (χ4v) is 2.65. The zero-order valence-corrected chi connectivity index (χ0v) is 13.4. The molecule has 2 rings (SSSR count). The smallest absolute Gasteiger partial charge is 0.294 e. The van der Waals surface area contributed by atoms with Gasteiger partial charge in [-0.15, -0.1) is 0 Å². The minimum absolute atomic E-state index is 0.0112. The maximum atomic E-state index is 11.4. The van der Waals surface area contributed by atoms with Crippen LogP contribution in [-0.2, 0) is 4.74 Å². The number of ether oxygens (including phenoxy) is 1. The van der Waals surface area contributed by atoms with Crippen molar-refractivity contribution in [3.63, 3.8) is 0 Å². The van der Waals surface area contributed by atoms with Crippen LogP contribution in [0.2, 0.25) is 0 Å². The van der Waals surface area contributed by atoms with E-state index in [1.807, 2.05) is 18.7 Å². The SMILES string of the molecule is CC1CN(c2ccc(NC=C(C#N)C#N)cc2[N+](=O)[O-])CC(C)O1. The van der Waals surface area contributed by atoms with Gasteiger partial charge in [0, 0.05) is 31.0 Å². The van der Waals surface area contributed by atoms with Crippen LogP contribution in [0, 0.1) is 32.8 Å². The topological polar surface area (TPSA) is 115 Å². The standard InChI is InChI=1S/C16H17N5O3/c1-11-9-20(10-12(2)24-11)15-4-3-14(5-16(15)21(22)23)19-8-13(6-17)7-18/h3-5,8,11-12,19H,9-10H2,1-2H3. The van der Waals surface area contributed by atoms with Crippen LogP contribution in [0.15, 0.2) is 30.0 Å². The molecule has 2 atom stereocenters. The predicted octanol–water partition coefficient (Wildman–Crippen LogP) is 2.55. The van der Waals surface area contributed by atoms with E-state index in [2.05, 4.69) is 5.32 Å². The highest BCUT2D eigenvalue weighted by Crippen LogP contribution is 2.33. The quantitative estimate of drug-likeness (QED) is 0.513. The van der Waals surface area contributed by atoms with Crippen molar-refractivity contribution in [1.82, 2.24) is 0 Å². The van der Waals surface area contributed by atoms with Crippen LogP contribution in [0.3, 0.4) is 0 Å². The Kier molecular flexibility index (Phi) is 5.35. The second-order valence-corrected chi connectivity index (χ2v) is 5.55. The Bertz CT molecular complexity index is 721. The highest BCUT2D eigenvalue weighted by molar-refractivity contribution is 5.70.